The Morgan fingerprint density at radius 2 is 0.897 bits per heavy atom. The maximum Gasteiger partial charge on any atom is 0.00175 e. The Labute approximate surface area is 234 Å². The molecule has 0 unspecified atom stereocenters. The number of rotatable bonds is 6. The molecule has 6 rings (SSSR count). The van der Waals surface area contributed by atoms with E-state index in [4.69, 9.17) is 0 Å². The van der Waals surface area contributed by atoms with Crippen molar-refractivity contribution in [2.75, 3.05) is 0 Å². The van der Waals surface area contributed by atoms with E-state index in [0.29, 0.717) is 5.92 Å². The molecule has 1 aliphatic heterocycles. The van der Waals surface area contributed by atoms with Crippen molar-refractivity contribution in [2.24, 2.45) is 5.92 Å². The number of benzene rings is 4. The monoisotopic (exact) mass is 502 g/mol. The second-order valence-electron chi connectivity index (χ2n) is 11.0. The predicted octanol–water partition coefficient (Wildman–Crippen LogP) is 9.24. The van der Waals surface area contributed by atoms with Crippen LogP contribution in [-0.4, -0.2) is 6.71 Å². The van der Waals surface area contributed by atoms with Crippen LogP contribution in [0.3, 0.4) is 0 Å². The molecule has 0 saturated carbocycles. The van der Waals surface area contributed by atoms with Crippen molar-refractivity contribution < 1.29 is 0 Å². The summed E-state index contributed by atoms with van der Waals surface area (Å²) in [5.41, 5.74) is 16.9. The fourth-order valence-corrected chi connectivity index (χ4v) is 6.72. The van der Waals surface area contributed by atoms with Crippen molar-refractivity contribution in [3.8, 4) is 0 Å². The molecule has 4 aromatic rings. The first-order chi connectivity index (χ1) is 19.1. The predicted molar refractivity (Wildman–Crippen MR) is 170 cm³/mol. The molecule has 1 radical (unpaired) electrons. The van der Waals surface area contributed by atoms with Crippen LogP contribution in [0, 0.1) is 5.92 Å². The maximum atomic E-state index is 2.35. The molecule has 0 spiro atoms. The summed E-state index contributed by atoms with van der Waals surface area (Å²) in [5.74, 6) is 0.428. The highest BCUT2D eigenvalue weighted by Gasteiger charge is 2.31. The lowest BCUT2D eigenvalue weighted by Crippen LogP contribution is -2.33. The van der Waals surface area contributed by atoms with E-state index in [-0.39, 0.29) is 6.71 Å². The largest absolute Gasteiger partial charge is 0.246 e. The molecule has 1 aliphatic carbocycles. The van der Waals surface area contributed by atoms with Gasteiger partial charge in [-0.1, -0.05) is 156 Å². The van der Waals surface area contributed by atoms with Crippen LogP contribution in [0.1, 0.15) is 50.8 Å². The average molecular weight is 503 g/mol. The van der Waals surface area contributed by atoms with Gasteiger partial charge in [-0.2, -0.15) is 0 Å². The van der Waals surface area contributed by atoms with E-state index in [1.807, 2.05) is 0 Å². The first-order valence-corrected chi connectivity index (χ1v) is 14.1. The number of hydrogen-bond donors (Lipinski definition) is 0. The van der Waals surface area contributed by atoms with Crippen LogP contribution in [0.25, 0.3) is 16.6 Å². The summed E-state index contributed by atoms with van der Waals surface area (Å²) in [5, 5.41) is 0. The van der Waals surface area contributed by atoms with Crippen LogP contribution < -0.4 is 5.46 Å². The van der Waals surface area contributed by atoms with Gasteiger partial charge in [0.2, 0.25) is 0 Å². The van der Waals surface area contributed by atoms with Crippen molar-refractivity contribution in [1.82, 2.24) is 0 Å². The van der Waals surface area contributed by atoms with E-state index in [9.17, 15) is 0 Å². The van der Waals surface area contributed by atoms with Gasteiger partial charge in [0.15, 0.2) is 0 Å². The lowest BCUT2D eigenvalue weighted by Gasteiger charge is -2.34. The lowest BCUT2D eigenvalue weighted by atomic mass is 9.35. The molecule has 0 amide bonds. The van der Waals surface area contributed by atoms with Gasteiger partial charge in [-0.15, -0.1) is 0 Å². The Morgan fingerprint density at radius 3 is 1.38 bits per heavy atom. The highest BCUT2D eigenvalue weighted by molar-refractivity contribution is 7.00. The molecule has 0 N–H and O–H groups in total. The van der Waals surface area contributed by atoms with Gasteiger partial charge in [-0.25, -0.2) is 16.4 Å². The van der Waals surface area contributed by atoms with Crippen molar-refractivity contribution in [2.45, 2.75) is 34.1 Å². The Hall–Kier alpha value is -4.10. The third kappa shape index (κ3) is 4.47. The maximum absolute atomic E-state index is 2.35. The van der Waals surface area contributed by atoms with E-state index in [2.05, 4.69) is 149 Å². The van der Waals surface area contributed by atoms with Gasteiger partial charge < -0.3 is 0 Å². The van der Waals surface area contributed by atoms with Crippen LogP contribution in [-0.2, 0) is 0 Å². The smallest absolute Gasteiger partial charge is 0.00175 e. The summed E-state index contributed by atoms with van der Waals surface area (Å²) in [6.07, 6.45) is 1.02. The summed E-state index contributed by atoms with van der Waals surface area (Å²) in [6.45, 7) is 9.47. The van der Waals surface area contributed by atoms with E-state index in [1.165, 1.54) is 66.5 Å². The van der Waals surface area contributed by atoms with Crippen molar-refractivity contribution in [3.05, 3.63) is 166 Å². The van der Waals surface area contributed by atoms with Crippen LogP contribution >= 0.6 is 0 Å². The average Bonchev–Trinajstić information content (AvgIpc) is 3.43. The molecule has 1 heteroatoms. The summed E-state index contributed by atoms with van der Waals surface area (Å²) < 4.78 is 0. The molecule has 0 aromatic heterocycles. The zero-order valence-corrected chi connectivity index (χ0v) is 23.4. The minimum Gasteiger partial charge on any atom is -0.246 e. The van der Waals surface area contributed by atoms with Gasteiger partial charge in [0, 0.05) is 5.92 Å². The minimum absolute atomic E-state index is 0.181. The molecule has 0 bridgehead atoms. The van der Waals surface area contributed by atoms with Gasteiger partial charge in [0.05, 0.1) is 0 Å². The van der Waals surface area contributed by atoms with Gasteiger partial charge in [-0.05, 0) is 56.7 Å². The zero-order valence-electron chi connectivity index (χ0n) is 23.4. The molecule has 0 nitrogen and oxygen atoms in total. The lowest BCUT2D eigenvalue weighted by molar-refractivity contribution is 0.729. The highest BCUT2D eigenvalue weighted by Crippen LogP contribution is 2.51. The van der Waals surface area contributed by atoms with Crippen LogP contribution in [0.15, 0.2) is 149 Å². The fourth-order valence-electron chi connectivity index (χ4n) is 6.72. The van der Waals surface area contributed by atoms with Crippen LogP contribution in [0.4, 0.5) is 0 Å². The van der Waals surface area contributed by atoms with E-state index in [1.54, 1.807) is 0 Å². The Balaban J connectivity index is 1.69. The Morgan fingerprint density at radius 1 is 0.487 bits per heavy atom. The fraction of sp³-hybridized carbons (Fsp3) is 0.158. The molecular weight excluding hydrogens is 467 g/mol. The van der Waals surface area contributed by atoms with Gasteiger partial charge >= 0.3 is 0 Å². The number of hydrogen-bond acceptors (Lipinski definition) is 0. The van der Waals surface area contributed by atoms with Crippen molar-refractivity contribution >= 4 is 28.8 Å². The molecule has 4 aromatic carbocycles. The first-order valence-electron chi connectivity index (χ1n) is 14.1. The zero-order chi connectivity index (χ0) is 26.9. The molecule has 2 aliphatic rings. The summed E-state index contributed by atoms with van der Waals surface area (Å²) in [4.78, 5) is 0. The summed E-state index contributed by atoms with van der Waals surface area (Å²) >= 11 is 0. The Kier molecular flexibility index (Phi) is 6.84. The quantitative estimate of drug-likeness (QED) is 0.231. The molecule has 191 valence electrons. The number of allylic oxidation sites excluding steroid dienone is 7. The first kappa shape index (κ1) is 25.2. The molecule has 1 heterocycles. The third-order valence-corrected chi connectivity index (χ3v) is 9.04. The summed E-state index contributed by atoms with van der Waals surface area (Å²) in [6, 6.07) is 44.3. The molecule has 0 saturated heterocycles. The van der Waals surface area contributed by atoms with Crippen molar-refractivity contribution in [1.29, 1.82) is 0 Å². The van der Waals surface area contributed by atoms with Gasteiger partial charge in [-0.3, -0.25) is 0 Å². The topological polar surface area (TPSA) is 0 Å². The van der Waals surface area contributed by atoms with E-state index >= 15 is 0 Å². The van der Waals surface area contributed by atoms with Crippen LogP contribution in [0.2, 0.25) is 0 Å². The second-order valence-corrected chi connectivity index (χ2v) is 11.0. The van der Waals surface area contributed by atoms with Crippen LogP contribution in [0.5, 0.6) is 0 Å². The van der Waals surface area contributed by atoms with Gasteiger partial charge in [0.1, 0.15) is 0 Å². The standard InChI is InChI=1S/C38H35B/c1-26-27(2)29(4)34(28(26)3)25-35-36(30-17-9-5-10-18-30)37(31-19-11-6-12-20-31)38(32-21-13-7-14-22-32)39(35)33-23-15-8-16-24-33/h5-24,34H,25H2,1-4H3/q-1. The van der Waals surface area contributed by atoms with E-state index < -0.39 is 0 Å². The SMILES string of the molecule is CC1=C(C)C(CC2=C(c3ccccc3)C(c3ccccc3)=C(c3ccccc3)[B-]2c2ccccc2)C(C)=C1C. The van der Waals surface area contributed by atoms with Gasteiger partial charge in [0.25, 0.3) is 0 Å². The normalized spacial score (nSPS) is 16.7. The molecule has 39 heavy (non-hydrogen) atoms. The molecule has 0 fully saturated rings. The molecular formula is C38H35B-. The van der Waals surface area contributed by atoms with Crippen molar-refractivity contribution in [3.63, 3.8) is 0 Å². The molecule has 0 atom stereocenters. The van der Waals surface area contributed by atoms with E-state index in [0.717, 1.165) is 6.42 Å². The summed E-state index contributed by atoms with van der Waals surface area (Å²) in [7, 11) is 0. The second kappa shape index (κ2) is 10.6. The minimum atomic E-state index is 0.181. The third-order valence-electron chi connectivity index (χ3n) is 9.04. The Bertz CT molecular complexity index is 1590. The highest BCUT2D eigenvalue weighted by atomic mass is 14.3.